The number of aryl methyl sites for hydroxylation is 1. The van der Waals surface area contributed by atoms with Crippen LogP contribution in [0.15, 0.2) is 12.1 Å². The molecule has 0 fully saturated rings. The summed E-state index contributed by atoms with van der Waals surface area (Å²) in [7, 11) is 1.70. The molecule has 2 aliphatic carbocycles. The number of benzene rings is 1. The Morgan fingerprint density at radius 2 is 1.71 bits per heavy atom. The summed E-state index contributed by atoms with van der Waals surface area (Å²) in [5.74, 6) is 1.56. The van der Waals surface area contributed by atoms with Crippen LogP contribution in [-0.2, 0) is 43.3 Å². The first-order chi connectivity index (χ1) is 11.1. The number of ether oxygens (including phenoxy) is 1. The van der Waals surface area contributed by atoms with E-state index in [2.05, 4.69) is 26.0 Å². The van der Waals surface area contributed by atoms with Crippen molar-refractivity contribution in [2.75, 3.05) is 7.11 Å². The van der Waals surface area contributed by atoms with E-state index in [-0.39, 0.29) is 17.4 Å². The van der Waals surface area contributed by atoms with Gasteiger partial charge >= 0.3 is 33.9 Å². The molecule has 1 N–H and O–H groups in total. The van der Waals surface area contributed by atoms with Crippen LogP contribution in [0.5, 0.6) is 5.75 Å². The second-order valence-electron chi connectivity index (χ2n) is 5.65. The molecule has 2 aliphatic rings. The number of methoxy groups -OCH3 is 1. The van der Waals surface area contributed by atoms with Crippen LogP contribution >= 0.6 is 0 Å². The van der Waals surface area contributed by atoms with Gasteiger partial charge in [0.1, 0.15) is 5.75 Å². The molecule has 3 rings (SSSR count). The minimum absolute atomic E-state index is 0. The van der Waals surface area contributed by atoms with Crippen LogP contribution in [0.25, 0.3) is 0 Å². The Hall–Kier alpha value is -1.27. The molecule has 2 atom stereocenters. The normalized spacial score (nSPS) is 22.1. The first-order valence-corrected chi connectivity index (χ1v) is 7.17. The molecule has 0 radical (unpaired) electrons. The van der Waals surface area contributed by atoms with Gasteiger partial charge in [0.25, 0.3) is 0 Å². The van der Waals surface area contributed by atoms with Crippen molar-refractivity contribution in [2.45, 2.75) is 50.5 Å². The van der Waals surface area contributed by atoms with E-state index in [1.807, 2.05) is 13.0 Å². The first kappa shape index (κ1) is 25.0. The van der Waals surface area contributed by atoms with Crippen molar-refractivity contribution in [2.24, 2.45) is 0 Å². The second-order valence-corrected chi connectivity index (χ2v) is 5.65. The van der Waals surface area contributed by atoms with Gasteiger partial charge in [-0.3, -0.25) is 0 Å². The molecule has 0 heterocycles. The summed E-state index contributed by atoms with van der Waals surface area (Å²) in [5, 5.41) is 10.6. The van der Waals surface area contributed by atoms with E-state index in [9.17, 15) is 5.11 Å². The molecule has 1 aromatic carbocycles. The van der Waals surface area contributed by atoms with Gasteiger partial charge in [0, 0.05) is 17.4 Å². The molecule has 0 saturated heterocycles. The maximum absolute atomic E-state index is 10.6. The molecule has 24 heavy (non-hydrogen) atoms. The van der Waals surface area contributed by atoms with Gasteiger partial charge in [0.2, 0.25) is 0 Å². The molecule has 0 aromatic heterocycles. The Morgan fingerprint density at radius 3 is 2.25 bits per heavy atom. The summed E-state index contributed by atoms with van der Waals surface area (Å²) in [6, 6.07) is 4.20. The summed E-state index contributed by atoms with van der Waals surface area (Å²) in [5.41, 5.74) is 3.26. The van der Waals surface area contributed by atoms with E-state index >= 15 is 0 Å². The molecule has 0 amide bonds. The van der Waals surface area contributed by atoms with Gasteiger partial charge in [-0.1, -0.05) is 0 Å². The third kappa shape index (κ3) is 5.38. The molecule has 128 valence electrons. The van der Waals surface area contributed by atoms with E-state index in [1.165, 1.54) is 24.0 Å². The number of rotatable bonds is 1. The third-order valence-corrected chi connectivity index (χ3v) is 4.44. The van der Waals surface area contributed by atoms with Crippen molar-refractivity contribution in [3.05, 3.63) is 48.8 Å². The van der Waals surface area contributed by atoms with Crippen molar-refractivity contribution in [1.29, 1.82) is 0 Å². The van der Waals surface area contributed by atoms with Crippen LogP contribution in [0, 0.1) is 20.0 Å². The van der Waals surface area contributed by atoms with Crippen LogP contribution in [0.3, 0.4) is 0 Å². The summed E-state index contributed by atoms with van der Waals surface area (Å²) < 4.78 is 27.9. The summed E-state index contributed by atoms with van der Waals surface area (Å²) in [6.07, 6.45) is 5.68. The fraction of sp³-hybridized carbons (Fsp3) is 0.500. The van der Waals surface area contributed by atoms with Crippen LogP contribution in [0.1, 0.15) is 55.2 Å². The maximum Gasteiger partial charge on any atom is 0 e. The van der Waals surface area contributed by atoms with Gasteiger partial charge in [0.15, 0.2) is 0 Å². The number of hydrogen-bond donors (Lipinski definition) is 1. The first-order valence-electron chi connectivity index (χ1n) is 7.17. The minimum atomic E-state index is -0.674. The Labute approximate surface area is 153 Å². The van der Waals surface area contributed by atoms with Gasteiger partial charge in [0.05, 0.1) is 12.7 Å². The van der Waals surface area contributed by atoms with Crippen LogP contribution < -0.4 is 4.74 Å². The van der Waals surface area contributed by atoms with Crippen molar-refractivity contribution in [3.8, 4) is 5.75 Å². The molecule has 0 bridgehead atoms. The van der Waals surface area contributed by atoms with Gasteiger partial charge < -0.3 is 9.84 Å². The fourth-order valence-electron chi connectivity index (χ4n) is 3.50. The van der Waals surface area contributed by atoms with E-state index in [0.29, 0.717) is 5.92 Å². The van der Waals surface area contributed by atoms with E-state index in [0.717, 1.165) is 30.6 Å². The van der Waals surface area contributed by atoms with Crippen molar-refractivity contribution < 1.29 is 41.2 Å². The quantitative estimate of drug-likeness (QED) is 0.610. The molecule has 0 unspecified atom stereocenters. The SMILES string of the molecule is COc1cc2c3c(c1)[C@](C)(O)CC[C@H]3CCC2.[C-]#[O+].[C-]#[O+].[C-]#[O+].[Cr]. The van der Waals surface area contributed by atoms with Gasteiger partial charge in [-0.15, -0.1) is 0 Å². The Kier molecular flexibility index (Phi) is 12.6. The van der Waals surface area contributed by atoms with Crippen LogP contribution in [-0.4, -0.2) is 12.2 Å². The number of aliphatic hydroxyl groups is 1. The monoisotopic (exact) mass is 368 g/mol. The fourth-order valence-corrected chi connectivity index (χ4v) is 3.50. The van der Waals surface area contributed by atoms with Crippen LogP contribution in [0.2, 0.25) is 0 Å². The Bertz CT molecular complexity index is 560. The molecule has 6 heteroatoms. The summed E-state index contributed by atoms with van der Waals surface area (Å²) in [6.45, 7) is 15.4. The van der Waals surface area contributed by atoms with Gasteiger partial charge in [-0.25, -0.2) is 0 Å². The largest absolute Gasteiger partial charge is 0 e. The second kappa shape index (κ2) is 12.1. The summed E-state index contributed by atoms with van der Waals surface area (Å²) in [4.78, 5) is 0. The molecule has 5 nitrogen and oxygen atoms in total. The zero-order chi connectivity index (χ0) is 18.0. The molecule has 0 aliphatic heterocycles. The van der Waals surface area contributed by atoms with Gasteiger partial charge in [-0.05, 0) is 73.8 Å². The average Bonchev–Trinajstić information content (AvgIpc) is 2.63. The predicted octanol–water partition coefficient (Wildman–Crippen LogP) is 3.00. The smallest absolute Gasteiger partial charge is 0 e. The maximum atomic E-state index is 10.6. The minimum Gasteiger partial charge on any atom is 0 e. The van der Waals surface area contributed by atoms with Crippen molar-refractivity contribution in [1.82, 2.24) is 0 Å². The summed E-state index contributed by atoms with van der Waals surface area (Å²) >= 11 is 0. The molecule has 0 spiro atoms. The Balaban J connectivity index is 0. The van der Waals surface area contributed by atoms with E-state index in [1.54, 1.807) is 7.11 Å². The zero-order valence-corrected chi connectivity index (χ0v) is 15.0. The van der Waals surface area contributed by atoms with Crippen LogP contribution in [0.4, 0.5) is 0 Å². The third-order valence-electron chi connectivity index (χ3n) is 4.44. The molecule has 1 aromatic rings. The molecular formula is C18H20CrO5. The predicted molar refractivity (Wildman–Crippen MR) is 79.3 cm³/mol. The van der Waals surface area contributed by atoms with Crippen molar-refractivity contribution >= 4 is 0 Å². The zero-order valence-electron chi connectivity index (χ0n) is 13.8. The van der Waals surface area contributed by atoms with Crippen molar-refractivity contribution in [3.63, 3.8) is 0 Å². The topological polar surface area (TPSA) is 89.2 Å². The Morgan fingerprint density at radius 1 is 1.12 bits per heavy atom. The molecular weight excluding hydrogens is 348 g/mol. The standard InChI is InChI=1S/C15H20O2.3CO.Cr/c1-15(16)7-6-10-4-3-5-11-8-12(17-2)9-13(15)14(10)11;3*1-2;/h8-10,16H,3-7H2,1-2H3;;;;/t10-,15-;;;;/m1..../s1. The van der Waals surface area contributed by atoms with E-state index < -0.39 is 5.60 Å². The van der Waals surface area contributed by atoms with E-state index in [4.69, 9.17) is 18.7 Å². The molecule has 0 saturated carbocycles. The average molecular weight is 368 g/mol. The number of hydrogen-bond acceptors (Lipinski definition) is 2. The van der Waals surface area contributed by atoms with Gasteiger partial charge in [-0.2, -0.15) is 0 Å².